The Morgan fingerprint density at radius 3 is 2.74 bits per heavy atom. The summed E-state index contributed by atoms with van der Waals surface area (Å²) >= 11 is 0. The van der Waals surface area contributed by atoms with E-state index in [1.807, 2.05) is 61.3 Å². The van der Waals surface area contributed by atoms with E-state index in [-0.39, 0.29) is 24.2 Å². The van der Waals surface area contributed by atoms with E-state index in [1.165, 1.54) is 5.06 Å². The summed E-state index contributed by atoms with van der Waals surface area (Å²) in [5.41, 5.74) is 2.05. The van der Waals surface area contributed by atoms with Crippen LogP contribution in [0.15, 0.2) is 48.7 Å². The van der Waals surface area contributed by atoms with Gasteiger partial charge in [-0.05, 0) is 43.0 Å². The third-order valence-corrected chi connectivity index (χ3v) is 7.94. The molecular formula is C30H37N3O6. The van der Waals surface area contributed by atoms with Crippen LogP contribution in [0.1, 0.15) is 43.7 Å². The van der Waals surface area contributed by atoms with E-state index in [1.54, 1.807) is 4.57 Å². The summed E-state index contributed by atoms with van der Waals surface area (Å²) in [4.78, 5) is 33.7. The molecule has 9 nitrogen and oxygen atoms in total. The average molecular weight is 536 g/mol. The molecule has 0 bridgehead atoms. The minimum Gasteiger partial charge on any atom is -0.494 e. The van der Waals surface area contributed by atoms with Crippen LogP contribution in [0.5, 0.6) is 11.6 Å². The number of carbonyl (C=O) groups excluding carboxylic acids is 1. The summed E-state index contributed by atoms with van der Waals surface area (Å²) < 4.78 is 7.44. The highest BCUT2D eigenvalue weighted by molar-refractivity contribution is 5.87. The summed E-state index contributed by atoms with van der Waals surface area (Å²) in [5, 5.41) is 24.4. The first kappa shape index (κ1) is 27.0. The summed E-state index contributed by atoms with van der Waals surface area (Å²) in [6.45, 7) is 6.26. The van der Waals surface area contributed by atoms with Crippen molar-refractivity contribution in [3.8, 4) is 11.6 Å². The van der Waals surface area contributed by atoms with Crippen molar-refractivity contribution < 1.29 is 29.4 Å². The van der Waals surface area contributed by atoms with Gasteiger partial charge in [-0.15, -0.1) is 0 Å². The molecule has 1 aromatic heterocycles. The normalized spacial score (nSPS) is 20.7. The number of aliphatic carboxylic acids is 1. The molecule has 0 saturated carbocycles. The minimum absolute atomic E-state index is 0.0681. The van der Waals surface area contributed by atoms with Gasteiger partial charge in [0, 0.05) is 55.0 Å². The van der Waals surface area contributed by atoms with Crippen LogP contribution in [0.25, 0.3) is 10.8 Å². The van der Waals surface area contributed by atoms with Gasteiger partial charge < -0.3 is 19.5 Å². The molecule has 2 aliphatic rings. The SMILES string of the molecule is CCCN(OCC)C(=O)CN1C[C@H](c2ccc3c(c2)CCO3)C(C(=O)O)[C@@H]1CCn1cc2ccccc2c1O. The van der Waals surface area contributed by atoms with Crippen LogP contribution in [0, 0.1) is 5.92 Å². The van der Waals surface area contributed by atoms with Crippen LogP contribution in [-0.4, -0.2) is 75.5 Å². The number of aromatic nitrogens is 1. The van der Waals surface area contributed by atoms with E-state index < -0.39 is 17.9 Å². The third-order valence-electron chi connectivity index (χ3n) is 7.94. The molecule has 2 aliphatic heterocycles. The second-order valence-corrected chi connectivity index (χ2v) is 10.4. The number of aryl methyl sites for hydroxylation is 1. The number of rotatable bonds is 11. The number of benzene rings is 2. The monoisotopic (exact) mass is 535 g/mol. The first-order valence-electron chi connectivity index (χ1n) is 13.8. The smallest absolute Gasteiger partial charge is 0.308 e. The van der Waals surface area contributed by atoms with Gasteiger partial charge in [0.1, 0.15) is 5.75 Å². The number of aromatic hydroxyl groups is 1. The molecule has 3 aromatic rings. The Morgan fingerprint density at radius 1 is 1.18 bits per heavy atom. The zero-order chi connectivity index (χ0) is 27.5. The lowest BCUT2D eigenvalue weighted by Crippen LogP contribution is -2.44. The topological polar surface area (TPSA) is 104 Å². The van der Waals surface area contributed by atoms with Crippen molar-refractivity contribution in [2.24, 2.45) is 5.92 Å². The standard InChI is InChI=1S/C30H37N3O6/c1-3-13-33(39-4-2)27(34)19-32-18-24(20-9-10-26-21(16-20)12-15-38-26)28(30(36)37)25(32)11-14-31-17-22-7-5-6-8-23(22)29(31)35/h5-10,16-17,24-25,28,35H,3-4,11-15,18-19H2,1-2H3,(H,36,37)/t24-,25+,28?/m1/s1. The number of amides is 1. The maximum Gasteiger partial charge on any atom is 0.308 e. The number of ether oxygens (including phenoxy) is 1. The van der Waals surface area contributed by atoms with Gasteiger partial charge in [0.15, 0.2) is 5.88 Å². The number of likely N-dealkylation sites (tertiary alicyclic amines) is 1. The Bertz CT molecular complexity index is 1330. The highest BCUT2D eigenvalue weighted by atomic mass is 16.7. The van der Waals surface area contributed by atoms with Crippen LogP contribution >= 0.6 is 0 Å². The van der Waals surface area contributed by atoms with E-state index in [2.05, 4.69) is 6.07 Å². The fraction of sp³-hybridized carbons (Fsp3) is 0.467. The highest BCUT2D eigenvalue weighted by Gasteiger charge is 2.47. The van der Waals surface area contributed by atoms with Crippen LogP contribution < -0.4 is 4.74 Å². The van der Waals surface area contributed by atoms with Crippen molar-refractivity contribution in [3.05, 3.63) is 59.8 Å². The number of hydrogen-bond acceptors (Lipinski definition) is 6. The zero-order valence-corrected chi connectivity index (χ0v) is 22.6. The summed E-state index contributed by atoms with van der Waals surface area (Å²) in [6.07, 6.45) is 3.92. The van der Waals surface area contributed by atoms with Gasteiger partial charge in [-0.1, -0.05) is 37.3 Å². The Kier molecular flexibility index (Phi) is 8.09. The van der Waals surface area contributed by atoms with Gasteiger partial charge in [-0.25, -0.2) is 5.06 Å². The molecule has 0 radical (unpaired) electrons. The van der Waals surface area contributed by atoms with Crippen molar-refractivity contribution in [2.45, 2.75) is 51.6 Å². The lowest BCUT2D eigenvalue weighted by Gasteiger charge is -2.29. The lowest BCUT2D eigenvalue weighted by molar-refractivity contribution is -0.186. The Labute approximate surface area is 228 Å². The van der Waals surface area contributed by atoms with Crippen molar-refractivity contribution in [1.82, 2.24) is 14.5 Å². The average Bonchev–Trinajstić information content (AvgIpc) is 3.62. The largest absolute Gasteiger partial charge is 0.494 e. The minimum atomic E-state index is -0.881. The van der Waals surface area contributed by atoms with E-state index >= 15 is 0 Å². The number of carboxylic acids is 1. The van der Waals surface area contributed by atoms with Crippen molar-refractivity contribution in [2.75, 3.05) is 32.8 Å². The highest BCUT2D eigenvalue weighted by Crippen LogP contribution is 2.41. The zero-order valence-electron chi connectivity index (χ0n) is 22.6. The molecule has 2 N–H and O–H groups in total. The van der Waals surface area contributed by atoms with Gasteiger partial charge in [0.2, 0.25) is 0 Å². The molecule has 1 amide bonds. The molecule has 1 fully saturated rings. The second-order valence-electron chi connectivity index (χ2n) is 10.4. The maximum atomic E-state index is 13.3. The van der Waals surface area contributed by atoms with Gasteiger partial charge >= 0.3 is 5.97 Å². The first-order valence-corrected chi connectivity index (χ1v) is 13.8. The summed E-state index contributed by atoms with van der Waals surface area (Å²) in [6, 6.07) is 13.2. The van der Waals surface area contributed by atoms with Gasteiger partial charge in [-0.2, -0.15) is 0 Å². The van der Waals surface area contributed by atoms with Crippen LogP contribution in [0.2, 0.25) is 0 Å². The molecular weight excluding hydrogens is 498 g/mol. The second kappa shape index (κ2) is 11.7. The van der Waals surface area contributed by atoms with Gasteiger partial charge in [0.05, 0.1) is 25.7 Å². The Balaban J connectivity index is 1.44. The van der Waals surface area contributed by atoms with Crippen LogP contribution in [0.4, 0.5) is 0 Å². The molecule has 39 heavy (non-hydrogen) atoms. The number of fused-ring (bicyclic) bond motifs is 2. The molecule has 9 heteroatoms. The molecule has 1 saturated heterocycles. The van der Waals surface area contributed by atoms with Crippen LogP contribution in [0.3, 0.4) is 0 Å². The Hall–Kier alpha value is -3.56. The quantitative estimate of drug-likeness (QED) is 0.357. The van der Waals surface area contributed by atoms with E-state index in [9.17, 15) is 19.8 Å². The van der Waals surface area contributed by atoms with E-state index in [0.717, 1.165) is 40.5 Å². The Morgan fingerprint density at radius 2 is 2.00 bits per heavy atom. The lowest BCUT2D eigenvalue weighted by atomic mass is 9.83. The first-order chi connectivity index (χ1) is 18.9. The van der Waals surface area contributed by atoms with Crippen molar-refractivity contribution in [1.29, 1.82) is 0 Å². The van der Waals surface area contributed by atoms with E-state index in [0.29, 0.717) is 39.3 Å². The predicted octanol–water partition coefficient (Wildman–Crippen LogP) is 4.03. The fourth-order valence-electron chi connectivity index (χ4n) is 6.14. The number of hydrogen-bond donors (Lipinski definition) is 2. The molecule has 1 unspecified atom stereocenters. The molecule has 3 atom stereocenters. The molecule has 2 aromatic carbocycles. The third kappa shape index (κ3) is 5.46. The predicted molar refractivity (Wildman–Crippen MR) is 147 cm³/mol. The van der Waals surface area contributed by atoms with E-state index in [4.69, 9.17) is 9.57 Å². The number of nitrogens with zero attached hydrogens (tertiary/aromatic N) is 3. The molecule has 0 aliphatic carbocycles. The van der Waals surface area contributed by atoms with Gasteiger partial charge in [-0.3, -0.25) is 19.3 Å². The van der Waals surface area contributed by atoms with Gasteiger partial charge in [0.25, 0.3) is 5.91 Å². The number of carbonyl (C=O) groups is 2. The number of hydroxylamine groups is 2. The molecule has 0 spiro atoms. The molecule has 3 heterocycles. The van der Waals surface area contributed by atoms with Crippen LogP contribution in [-0.2, 0) is 27.4 Å². The molecule has 5 rings (SSSR count). The molecule has 208 valence electrons. The number of carboxylic acid groups (broad SMARTS) is 1. The van der Waals surface area contributed by atoms with Crippen molar-refractivity contribution in [3.63, 3.8) is 0 Å². The summed E-state index contributed by atoms with van der Waals surface area (Å²) in [7, 11) is 0. The van der Waals surface area contributed by atoms with Crippen molar-refractivity contribution >= 4 is 22.6 Å². The maximum absolute atomic E-state index is 13.3. The summed E-state index contributed by atoms with van der Waals surface area (Å²) in [5.74, 6) is -1.03. The fourth-order valence-corrected chi connectivity index (χ4v) is 6.14.